The third-order valence-corrected chi connectivity index (χ3v) is 1.78. The standard InChI is InChI=1S/C7H4F2N2O4/c8-7(9)14-4-2-1-3(11(12)13)5(10)6(4)15-7/h1-2H,10H2. The number of hydrogen-bond acceptors (Lipinski definition) is 5. The topological polar surface area (TPSA) is 87.6 Å². The Bertz CT molecular complexity index is 449. The van der Waals surface area contributed by atoms with Crippen molar-refractivity contribution in [1.82, 2.24) is 0 Å². The molecular weight excluding hydrogens is 214 g/mol. The molecule has 0 bridgehead atoms. The lowest BCUT2D eigenvalue weighted by atomic mass is 10.2. The Balaban J connectivity index is 2.53. The smallest absolute Gasteiger partial charge is 0.395 e. The van der Waals surface area contributed by atoms with Crippen LogP contribution in [0.2, 0.25) is 0 Å². The van der Waals surface area contributed by atoms with Gasteiger partial charge in [-0.05, 0) is 6.07 Å². The van der Waals surface area contributed by atoms with Gasteiger partial charge in [-0.15, -0.1) is 8.78 Å². The Hall–Kier alpha value is -2.12. The highest BCUT2D eigenvalue weighted by Gasteiger charge is 2.45. The van der Waals surface area contributed by atoms with E-state index in [0.717, 1.165) is 12.1 Å². The third kappa shape index (κ3) is 1.39. The molecule has 0 radical (unpaired) electrons. The van der Waals surface area contributed by atoms with Gasteiger partial charge in [0.15, 0.2) is 11.4 Å². The van der Waals surface area contributed by atoms with Crippen LogP contribution in [0.4, 0.5) is 20.2 Å². The molecule has 1 heterocycles. The number of ether oxygens (including phenoxy) is 2. The fourth-order valence-corrected chi connectivity index (χ4v) is 1.18. The van der Waals surface area contributed by atoms with Crippen molar-refractivity contribution in [2.45, 2.75) is 6.29 Å². The zero-order chi connectivity index (χ0) is 11.2. The van der Waals surface area contributed by atoms with E-state index in [1.165, 1.54) is 0 Å². The first-order chi connectivity index (χ1) is 6.91. The van der Waals surface area contributed by atoms with Crippen LogP contribution in [0.15, 0.2) is 12.1 Å². The summed E-state index contributed by atoms with van der Waals surface area (Å²) < 4.78 is 33.2. The minimum atomic E-state index is -3.83. The third-order valence-electron chi connectivity index (χ3n) is 1.78. The van der Waals surface area contributed by atoms with Gasteiger partial charge in [0.05, 0.1) is 4.92 Å². The van der Waals surface area contributed by atoms with Crippen molar-refractivity contribution in [3.63, 3.8) is 0 Å². The molecule has 8 heteroatoms. The lowest BCUT2D eigenvalue weighted by Crippen LogP contribution is -2.26. The van der Waals surface area contributed by atoms with Crippen LogP contribution in [-0.2, 0) is 0 Å². The van der Waals surface area contributed by atoms with E-state index in [9.17, 15) is 18.9 Å². The summed E-state index contributed by atoms with van der Waals surface area (Å²) in [5, 5.41) is 10.4. The summed E-state index contributed by atoms with van der Waals surface area (Å²) >= 11 is 0. The first-order valence-electron chi connectivity index (χ1n) is 3.73. The van der Waals surface area contributed by atoms with Crippen molar-refractivity contribution in [3.05, 3.63) is 22.2 Å². The SMILES string of the molecule is Nc1c([N+](=O)[O-])ccc2c1OC(F)(F)O2. The monoisotopic (exact) mass is 218 g/mol. The maximum Gasteiger partial charge on any atom is 0.586 e. The molecule has 1 aromatic carbocycles. The van der Waals surface area contributed by atoms with Crippen LogP contribution in [0.3, 0.4) is 0 Å². The van der Waals surface area contributed by atoms with Gasteiger partial charge in [-0.3, -0.25) is 10.1 Å². The average Bonchev–Trinajstić information content (AvgIpc) is 2.40. The highest BCUT2D eigenvalue weighted by molar-refractivity contribution is 5.72. The number of rotatable bonds is 1. The molecule has 0 saturated carbocycles. The summed E-state index contributed by atoms with van der Waals surface area (Å²) in [5.41, 5.74) is 4.29. The zero-order valence-corrected chi connectivity index (χ0v) is 7.07. The Kier molecular flexibility index (Phi) is 1.69. The summed E-state index contributed by atoms with van der Waals surface area (Å²) in [6, 6.07) is 1.98. The summed E-state index contributed by atoms with van der Waals surface area (Å²) in [7, 11) is 0. The quantitative estimate of drug-likeness (QED) is 0.438. The Morgan fingerprint density at radius 2 is 2.07 bits per heavy atom. The largest absolute Gasteiger partial charge is 0.586 e. The predicted octanol–water partition coefficient (Wildman–Crippen LogP) is 1.50. The van der Waals surface area contributed by atoms with Crippen molar-refractivity contribution < 1.29 is 23.2 Å². The van der Waals surface area contributed by atoms with Crippen molar-refractivity contribution in [2.24, 2.45) is 0 Å². The molecule has 2 rings (SSSR count). The number of halogens is 2. The zero-order valence-electron chi connectivity index (χ0n) is 7.07. The molecule has 2 N–H and O–H groups in total. The van der Waals surface area contributed by atoms with Gasteiger partial charge in [0.2, 0.25) is 5.75 Å². The number of hydrogen-bond donors (Lipinski definition) is 1. The number of nitrogens with zero attached hydrogens (tertiary/aromatic N) is 1. The van der Waals surface area contributed by atoms with Crippen LogP contribution >= 0.6 is 0 Å². The molecule has 0 spiro atoms. The van der Waals surface area contributed by atoms with Gasteiger partial charge in [0.1, 0.15) is 0 Å². The van der Waals surface area contributed by atoms with Crippen LogP contribution in [0.5, 0.6) is 11.5 Å². The number of nitro groups is 1. The number of nitrogen functional groups attached to an aromatic ring is 1. The molecule has 0 aliphatic carbocycles. The van der Waals surface area contributed by atoms with Crippen molar-refractivity contribution in [3.8, 4) is 11.5 Å². The van der Waals surface area contributed by atoms with E-state index >= 15 is 0 Å². The molecule has 0 saturated heterocycles. The summed E-state index contributed by atoms with van der Waals surface area (Å²) in [6.07, 6.45) is -3.83. The highest BCUT2D eigenvalue weighted by atomic mass is 19.3. The molecule has 1 aliphatic rings. The normalized spacial score (nSPS) is 16.4. The Labute approximate surface area is 81.3 Å². The van der Waals surface area contributed by atoms with Gasteiger partial charge in [-0.2, -0.15) is 0 Å². The number of anilines is 1. The number of nitro benzene ring substituents is 1. The fraction of sp³-hybridized carbons (Fsp3) is 0.143. The van der Waals surface area contributed by atoms with Gasteiger partial charge < -0.3 is 15.2 Å². The Morgan fingerprint density at radius 1 is 1.40 bits per heavy atom. The number of alkyl halides is 2. The molecule has 0 atom stereocenters. The molecule has 1 aliphatic heterocycles. The lowest BCUT2D eigenvalue weighted by Gasteiger charge is -2.04. The summed E-state index contributed by atoms with van der Waals surface area (Å²) in [5.74, 6) is -0.822. The van der Waals surface area contributed by atoms with Crippen molar-refractivity contribution in [1.29, 1.82) is 0 Å². The van der Waals surface area contributed by atoms with Crippen LogP contribution in [0.1, 0.15) is 0 Å². The van der Waals surface area contributed by atoms with Crippen LogP contribution in [0, 0.1) is 10.1 Å². The van der Waals surface area contributed by atoms with E-state index in [-0.39, 0.29) is 5.75 Å². The summed E-state index contributed by atoms with van der Waals surface area (Å²) in [4.78, 5) is 9.63. The van der Waals surface area contributed by atoms with E-state index in [2.05, 4.69) is 9.47 Å². The molecule has 80 valence electrons. The first-order valence-corrected chi connectivity index (χ1v) is 3.73. The van der Waals surface area contributed by atoms with Gasteiger partial charge in [0, 0.05) is 6.07 Å². The second-order valence-corrected chi connectivity index (χ2v) is 2.75. The molecule has 0 unspecified atom stereocenters. The second-order valence-electron chi connectivity index (χ2n) is 2.75. The maximum absolute atomic E-state index is 12.6. The van der Waals surface area contributed by atoms with Gasteiger partial charge in [0.25, 0.3) is 5.69 Å². The minimum absolute atomic E-state index is 0.317. The maximum atomic E-state index is 12.6. The van der Waals surface area contributed by atoms with E-state index in [0.29, 0.717) is 0 Å². The van der Waals surface area contributed by atoms with Crippen molar-refractivity contribution in [2.75, 3.05) is 5.73 Å². The Morgan fingerprint density at radius 3 is 2.67 bits per heavy atom. The number of nitrogens with two attached hydrogens (primary N) is 1. The second kappa shape index (κ2) is 2.69. The number of benzene rings is 1. The van der Waals surface area contributed by atoms with Crippen LogP contribution in [0.25, 0.3) is 0 Å². The van der Waals surface area contributed by atoms with Gasteiger partial charge in [-0.25, -0.2) is 0 Å². The predicted molar refractivity (Wildman–Crippen MR) is 43.7 cm³/mol. The molecule has 1 aromatic rings. The molecule has 0 amide bonds. The van der Waals surface area contributed by atoms with E-state index in [4.69, 9.17) is 5.73 Å². The molecular formula is C7H4F2N2O4. The molecule has 15 heavy (non-hydrogen) atoms. The number of fused-ring (bicyclic) bond motifs is 1. The van der Waals surface area contributed by atoms with Gasteiger partial charge in [-0.1, -0.05) is 0 Å². The lowest BCUT2D eigenvalue weighted by molar-refractivity contribution is -0.384. The van der Waals surface area contributed by atoms with Crippen molar-refractivity contribution >= 4 is 11.4 Å². The van der Waals surface area contributed by atoms with E-state index in [1.807, 2.05) is 0 Å². The first kappa shape index (κ1) is 9.44. The minimum Gasteiger partial charge on any atom is -0.395 e. The fourth-order valence-electron chi connectivity index (χ4n) is 1.18. The van der Waals surface area contributed by atoms with E-state index < -0.39 is 28.3 Å². The highest BCUT2D eigenvalue weighted by Crippen LogP contribution is 2.47. The van der Waals surface area contributed by atoms with Gasteiger partial charge >= 0.3 is 6.29 Å². The summed E-state index contributed by atoms with van der Waals surface area (Å²) in [6.45, 7) is 0. The average molecular weight is 218 g/mol. The molecule has 0 aromatic heterocycles. The molecule has 6 nitrogen and oxygen atoms in total. The van der Waals surface area contributed by atoms with Crippen LogP contribution < -0.4 is 15.2 Å². The molecule has 0 fully saturated rings. The van der Waals surface area contributed by atoms with E-state index in [1.54, 1.807) is 0 Å². The van der Waals surface area contributed by atoms with Crippen LogP contribution in [-0.4, -0.2) is 11.2 Å².